The first kappa shape index (κ1) is 14.6. The van der Waals surface area contributed by atoms with Crippen LogP contribution in [0, 0.1) is 5.82 Å². The number of anilines is 1. The summed E-state index contributed by atoms with van der Waals surface area (Å²) in [5.41, 5.74) is 0.602. The number of halogens is 1. The minimum absolute atomic E-state index is 0.107. The summed E-state index contributed by atoms with van der Waals surface area (Å²) in [6, 6.07) is 19.9. The molecule has 0 aromatic heterocycles. The summed E-state index contributed by atoms with van der Waals surface area (Å²) in [5, 5.41) is 5.06. The molecule has 0 atom stereocenters. The minimum atomic E-state index is -0.317. The van der Waals surface area contributed by atoms with E-state index >= 15 is 0 Å². The van der Waals surface area contributed by atoms with Crippen LogP contribution in [0.4, 0.5) is 10.1 Å². The van der Waals surface area contributed by atoms with Crippen LogP contribution in [-0.2, 0) is 4.79 Å². The lowest BCUT2D eigenvalue weighted by Gasteiger charge is -2.07. The Bertz CT molecular complexity index is 796. The molecule has 0 radical (unpaired) electrons. The molecule has 0 aliphatic heterocycles. The van der Waals surface area contributed by atoms with Gasteiger partial charge >= 0.3 is 0 Å². The van der Waals surface area contributed by atoms with Crippen LogP contribution in [0.25, 0.3) is 10.8 Å². The fraction of sp³-hybridized carbons (Fsp3) is 0.0556. The van der Waals surface area contributed by atoms with E-state index in [0.29, 0.717) is 11.4 Å². The molecular weight excluding hydrogens is 297 g/mol. The van der Waals surface area contributed by atoms with Gasteiger partial charge in [-0.25, -0.2) is 4.39 Å². The van der Waals surface area contributed by atoms with Crippen molar-refractivity contribution in [3.8, 4) is 0 Å². The fourth-order valence-corrected chi connectivity index (χ4v) is 3.07. The first-order valence-electron chi connectivity index (χ1n) is 6.88. The van der Waals surface area contributed by atoms with E-state index in [9.17, 15) is 9.18 Å². The zero-order chi connectivity index (χ0) is 15.4. The summed E-state index contributed by atoms with van der Waals surface area (Å²) in [6.45, 7) is 0. The molecule has 0 unspecified atom stereocenters. The molecule has 22 heavy (non-hydrogen) atoms. The van der Waals surface area contributed by atoms with Crippen molar-refractivity contribution in [2.24, 2.45) is 0 Å². The molecule has 0 fully saturated rings. The number of benzene rings is 3. The number of carbonyl (C=O) groups excluding carboxylic acids is 1. The number of rotatable bonds is 4. The Morgan fingerprint density at radius 3 is 2.50 bits per heavy atom. The summed E-state index contributed by atoms with van der Waals surface area (Å²) in [6.07, 6.45) is 0. The number of hydrogen-bond donors (Lipinski definition) is 1. The Labute approximate surface area is 132 Å². The highest BCUT2D eigenvalue weighted by molar-refractivity contribution is 8.00. The second-order valence-electron chi connectivity index (χ2n) is 4.82. The molecule has 0 saturated carbocycles. The van der Waals surface area contributed by atoms with Crippen molar-refractivity contribution in [1.82, 2.24) is 0 Å². The largest absolute Gasteiger partial charge is 0.325 e. The Morgan fingerprint density at radius 1 is 0.955 bits per heavy atom. The summed E-state index contributed by atoms with van der Waals surface area (Å²) >= 11 is 1.49. The maximum Gasteiger partial charge on any atom is 0.234 e. The van der Waals surface area contributed by atoms with Gasteiger partial charge in [-0.15, -0.1) is 11.8 Å². The second kappa shape index (κ2) is 6.62. The summed E-state index contributed by atoms with van der Waals surface area (Å²) in [5.74, 6) is -0.113. The van der Waals surface area contributed by atoms with Crippen LogP contribution in [0.5, 0.6) is 0 Å². The van der Waals surface area contributed by atoms with Gasteiger partial charge in [0.2, 0.25) is 5.91 Å². The number of nitrogens with one attached hydrogen (secondary N) is 1. The van der Waals surface area contributed by atoms with Crippen LogP contribution < -0.4 is 5.32 Å². The van der Waals surface area contributed by atoms with Crippen LogP contribution in [0.3, 0.4) is 0 Å². The van der Waals surface area contributed by atoms with E-state index in [1.54, 1.807) is 12.1 Å². The van der Waals surface area contributed by atoms with Crippen molar-refractivity contribution in [1.29, 1.82) is 0 Å². The van der Waals surface area contributed by atoms with Gasteiger partial charge in [0.1, 0.15) is 5.82 Å². The monoisotopic (exact) mass is 311 g/mol. The average Bonchev–Trinajstić information content (AvgIpc) is 2.55. The standard InChI is InChI=1S/C18H14FNOS/c19-14-8-10-15(11-9-14)20-18(21)12-22-17-7-3-5-13-4-1-2-6-16(13)17/h1-11H,12H2,(H,20,21). The van der Waals surface area contributed by atoms with E-state index in [2.05, 4.69) is 23.5 Å². The lowest BCUT2D eigenvalue weighted by atomic mass is 10.1. The van der Waals surface area contributed by atoms with E-state index in [0.717, 1.165) is 15.7 Å². The maximum atomic E-state index is 12.8. The molecule has 3 rings (SSSR count). The van der Waals surface area contributed by atoms with Crippen LogP contribution in [0.2, 0.25) is 0 Å². The minimum Gasteiger partial charge on any atom is -0.325 e. The average molecular weight is 311 g/mol. The molecular formula is C18H14FNOS. The van der Waals surface area contributed by atoms with Crippen molar-refractivity contribution in [2.75, 3.05) is 11.1 Å². The predicted octanol–water partition coefficient (Wildman–Crippen LogP) is 4.71. The summed E-state index contributed by atoms with van der Waals surface area (Å²) < 4.78 is 12.8. The van der Waals surface area contributed by atoms with Gasteiger partial charge in [-0.2, -0.15) is 0 Å². The molecule has 1 N–H and O–H groups in total. The third kappa shape index (κ3) is 3.46. The van der Waals surface area contributed by atoms with Crippen molar-refractivity contribution in [3.05, 3.63) is 72.5 Å². The highest BCUT2D eigenvalue weighted by atomic mass is 32.2. The van der Waals surface area contributed by atoms with Crippen LogP contribution in [0.1, 0.15) is 0 Å². The summed E-state index contributed by atoms with van der Waals surface area (Å²) in [7, 11) is 0. The van der Waals surface area contributed by atoms with Crippen LogP contribution in [-0.4, -0.2) is 11.7 Å². The van der Waals surface area contributed by atoms with Gasteiger partial charge in [0.25, 0.3) is 0 Å². The first-order valence-corrected chi connectivity index (χ1v) is 7.87. The van der Waals surface area contributed by atoms with Crippen molar-refractivity contribution < 1.29 is 9.18 Å². The zero-order valence-corrected chi connectivity index (χ0v) is 12.6. The van der Waals surface area contributed by atoms with Gasteiger partial charge in [0, 0.05) is 10.6 Å². The van der Waals surface area contributed by atoms with Gasteiger partial charge in [0.15, 0.2) is 0 Å². The van der Waals surface area contributed by atoms with E-state index in [4.69, 9.17) is 0 Å². The SMILES string of the molecule is O=C(CSc1cccc2ccccc12)Nc1ccc(F)cc1. The van der Waals surface area contributed by atoms with Crippen LogP contribution >= 0.6 is 11.8 Å². The Balaban J connectivity index is 1.66. The highest BCUT2D eigenvalue weighted by Gasteiger charge is 2.06. The third-order valence-electron chi connectivity index (χ3n) is 3.24. The topological polar surface area (TPSA) is 29.1 Å². The Kier molecular flexibility index (Phi) is 4.39. The highest BCUT2D eigenvalue weighted by Crippen LogP contribution is 2.27. The smallest absolute Gasteiger partial charge is 0.234 e. The van der Waals surface area contributed by atoms with E-state index < -0.39 is 0 Å². The van der Waals surface area contributed by atoms with Gasteiger partial charge in [0.05, 0.1) is 5.75 Å². The van der Waals surface area contributed by atoms with E-state index in [1.807, 2.05) is 24.3 Å². The quantitative estimate of drug-likeness (QED) is 0.707. The number of fused-ring (bicyclic) bond motifs is 1. The lowest BCUT2D eigenvalue weighted by molar-refractivity contribution is -0.113. The summed E-state index contributed by atoms with van der Waals surface area (Å²) in [4.78, 5) is 13.1. The normalized spacial score (nSPS) is 10.6. The molecule has 0 heterocycles. The van der Waals surface area contributed by atoms with Crippen molar-refractivity contribution in [3.63, 3.8) is 0 Å². The van der Waals surface area contributed by atoms with E-state index in [-0.39, 0.29) is 11.7 Å². The molecule has 1 amide bonds. The molecule has 2 nitrogen and oxygen atoms in total. The van der Waals surface area contributed by atoms with E-state index in [1.165, 1.54) is 23.9 Å². The third-order valence-corrected chi connectivity index (χ3v) is 4.31. The maximum absolute atomic E-state index is 12.8. The van der Waals surface area contributed by atoms with Gasteiger partial charge in [-0.1, -0.05) is 36.4 Å². The predicted molar refractivity (Wildman–Crippen MR) is 89.7 cm³/mol. The lowest BCUT2D eigenvalue weighted by Crippen LogP contribution is -2.13. The molecule has 4 heteroatoms. The number of hydrogen-bond acceptors (Lipinski definition) is 2. The van der Waals surface area contributed by atoms with Crippen molar-refractivity contribution in [2.45, 2.75) is 4.90 Å². The zero-order valence-electron chi connectivity index (χ0n) is 11.8. The van der Waals surface area contributed by atoms with Crippen molar-refractivity contribution >= 4 is 34.1 Å². The number of carbonyl (C=O) groups is 1. The van der Waals surface area contributed by atoms with Gasteiger partial charge in [-0.3, -0.25) is 4.79 Å². The van der Waals surface area contributed by atoms with Gasteiger partial charge in [-0.05, 0) is 41.1 Å². The van der Waals surface area contributed by atoms with Crippen LogP contribution in [0.15, 0.2) is 71.6 Å². The molecule has 0 aliphatic rings. The first-order chi connectivity index (χ1) is 10.7. The Morgan fingerprint density at radius 2 is 1.68 bits per heavy atom. The fourth-order valence-electron chi connectivity index (χ4n) is 2.20. The molecule has 3 aromatic carbocycles. The molecule has 0 bridgehead atoms. The Hall–Kier alpha value is -2.33. The van der Waals surface area contributed by atoms with Gasteiger partial charge < -0.3 is 5.32 Å². The number of amides is 1. The number of thioether (sulfide) groups is 1. The molecule has 0 saturated heterocycles. The second-order valence-corrected chi connectivity index (χ2v) is 5.84. The molecule has 110 valence electrons. The molecule has 3 aromatic rings. The molecule has 0 aliphatic carbocycles. The molecule has 0 spiro atoms.